The summed E-state index contributed by atoms with van der Waals surface area (Å²) in [5.41, 5.74) is 0.876. The number of imide groups is 1. The number of thioether (sulfide) groups is 1. The Morgan fingerprint density at radius 1 is 1.25 bits per heavy atom. The first-order valence-electron chi connectivity index (χ1n) is 6.40. The third kappa shape index (κ3) is 3.22. The SMILES string of the molecule is COc1ccc(/C=C2\SC(=O)N(CC(C)C)C2=O)cc1. The van der Waals surface area contributed by atoms with Gasteiger partial charge in [-0.3, -0.25) is 14.5 Å². The molecule has 0 spiro atoms. The van der Waals surface area contributed by atoms with E-state index in [0.29, 0.717) is 11.4 Å². The number of carbonyl (C=O) groups is 2. The summed E-state index contributed by atoms with van der Waals surface area (Å²) in [6.45, 7) is 4.43. The van der Waals surface area contributed by atoms with Gasteiger partial charge in [0, 0.05) is 6.54 Å². The highest BCUT2D eigenvalue weighted by Crippen LogP contribution is 2.32. The number of rotatable bonds is 4. The van der Waals surface area contributed by atoms with Crippen molar-refractivity contribution in [1.82, 2.24) is 4.90 Å². The van der Waals surface area contributed by atoms with Crippen molar-refractivity contribution < 1.29 is 14.3 Å². The van der Waals surface area contributed by atoms with Crippen LogP contribution in [-0.4, -0.2) is 29.7 Å². The molecule has 0 unspecified atom stereocenters. The van der Waals surface area contributed by atoms with Crippen molar-refractivity contribution in [3.8, 4) is 5.75 Å². The third-order valence-corrected chi connectivity index (χ3v) is 3.74. The Morgan fingerprint density at radius 2 is 1.90 bits per heavy atom. The zero-order valence-electron chi connectivity index (χ0n) is 11.8. The van der Waals surface area contributed by atoms with Gasteiger partial charge in [-0.05, 0) is 41.5 Å². The second kappa shape index (κ2) is 6.13. The second-order valence-corrected chi connectivity index (χ2v) is 5.95. The molecule has 1 aliphatic rings. The van der Waals surface area contributed by atoms with Crippen molar-refractivity contribution in [3.63, 3.8) is 0 Å². The molecule has 1 fully saturated rings. The zero-order valence-corrected chi connectivity index (χ0v) is 12.6. The third-order valence-electron chi connectivity index (χ3n) is 2.83. The summed E-state index contributed by atoms with van der Waals surface area (Å²) in [7, 11) is 1.60. The van der Waals surface area contributed by atoms with E-state index in [0.717, 1.165) is 23.1 Å². The zero-order chi connectivity index (χ0) is 14.7. The van der Waals surface area contributed by atoms with Crippen LogP contribution in [0.15, 0.2) is 29.2 Å². The average molecular weight is 291 g/mol. The molecule has 0 aliphatic carbocycles. The minimum Gasteiger partial charge on any atom is -0.497 e. The molecule has 0 radical (unpaired) electrons. The number of nitrogens with zero attached hydrogens (tertiary/aromatic N) is 1. The first-order chi connectivity index (χ1) is 9.51. The minimum atomic E-state index is -0.204. The lowest BCUT2D eigenvalue weighted by Gasteiger charge is -2.14. The van der Waals surface area contributed by atoms with Gasteiger partial charge in [0.05, 0.1) is 12.0 Å². The summed E-state index contributed by atoms with van der Waals surface area (Å²) in [6.07, 6.45) is 1.74. The van der Waals surface area contributed by atoms with E-state index >= 15 is 0 Å². The van der Waals surface area contributed by atoms with Crippen LogP contribution in [0.5, 0.6) is 5.75 Å². The monoisotopic (exact) mass is 291 g/mol. The Balaban J connectivity index is 2.18. The maximum absolute atomic E-state index is 12.2. The number of carbonyl (C=O) groups excluding carboxylic acids is 2. The highest BCUT2D eigenvalue weighted by Gasteiger charge is 2.35. The van der Waals surface area contributed by atoms with Crippen LogP contribution >= 0.6 is 11.8 Å². The molecule has 2 rings (SSSR count). The molecule has 1 heterocycles. The lowest BCUT2D eigenvalue weighted by molar-refractivity contribution is -0.123. The Labute approximate surface area is 122 Å². The molecule has 5 heteroatoms. The fraction of sp³-hybridized carbons (Fsp3) is 0.333. The summed E-state index contributed by atoms with van der Waals surface area (Å²) in [4.78, 5) is 25.8. The van der Waals surface area contributed by atoms with E-state index in [4.69, 9.17) is 4.74 Å². The lowest BCUT2D eigenvalue weighted by Crippen LogP contribution is -2.31. The molecule has 0 bridgehead atoms. The molecule has 0 atom stereocenters. The predicted octanol–water partition coefficient (Wildman–Crippen LogP) is 3.39. The molecule has 2 amide bonds. The van der Waals surface area contributed by atoms with Gasteiger partial charge in [0.2, 0.25) is 0 Å². The fourth-order valence-electron chi connectivity index (χ4n) is 1.87. The predicted molar refractivity (Wildman–Crippen MR) is 80.5 cm³/mol. The van der Waals surface area contributed by atoms with E-state index in [9.17, 15) is 9.59 Å². The van der Waals surface area contributed by atoms with Crippen molar-refractivity contribution in [2.45, 2.75) is 13.8 Å². The van der Waals surface area contributed by atoms with E-state index in [1.807, 2.05) is 38.1 Å². The summed E-state index contributed by atoms with van der Waals surface area (Å²) < 4.78 is 5.08. The first-order valence-corrected chi connectivity index (χ1v) is 7.22. The van der Waals surface area contributed by atoms with Crippen molar-refractivity contribution in [2.75, 3.05) is 13.7 Å². The molecule has 106 valence electrons. The van der Waals surface area contributed by atoms with E-state index in [-0.39, 0.29) is 17.1 Å². The molecular formula is C15H17NO3S. The maximum Gasteiger partial charge on any atom is 0.293 e. The molecule has 1 saturated heterocycles. The number of amides is 2. The number of methoxy groups -OCH3 is 1. The lowest BCUT2D eigenvalue weighted by atomic mass is 10.2. The number of benzene rings is 1. The number of hydrogen-bond acceptors (Lipinski definition) is 4. The van der Waals surface area contributed by atoms with Crippen LogP contribution in [0, 0.1) is 5.92 Å². The molecule has 1 aliphatic heterocycles. The summed E-state index contributed by atoms with van der Waals surface area (Å²) in [5, 5.41) is -0.191. The Morgan fingerprint density at radius 3 is 2.45 bits per heavy atom. The van der Waals surface area contributed by atoms with Gasteiger partial charge in [-0.2, -0.15) is 0 Å². The van der Waals surface area contributed by atoms with Crippen LogP contribution in [0.25, 0.3) is 6.08 Å². The molecule has 0 aromatic heterocycles. The van der Waals surface area contributed by atoms with Gasteiger partial charge in [0.25, 0.3) is 11.1 Å². The molecule has 0 N–H and O–H groups in total. The largest absolute Gasteiger partial charge is 0.497 e. The van der Waals surface area contributed by atoms with Crippen LogP contribution < -0.4 is 4.74 Å². The molecule has 4 nitrogen and oxygen atoms in total. The van der Waals surface area contributed by atoms with Crippen molar-refractivity contribution >= 4 is 29.0 Å². The highest BCUT2D eigenvalue weighted by molar-refractivity contribution is 8.18. The topological polar surface area (TPSA) is 46.6 Å². The van der Waals surface area contributed by atoms with Crippen molar-refractivity contribution in [2.24, 2.45) is 5.92 Å². The van der Waals surface area contributed by atoms with E-state index in [1.165, 1.54) is 4.90 Å². The fourth-order valence-corrected chi connectivity index (χ4v) is 2.72. The van der Waals surface area contributed by atoms with Gasteiger partial charge >= 0.3 is 0 Å². The van der Waals surface area contributed by atoms with Crippen LogP contribution in [-0.2, 0) is 4.79 Å². The molecule has 20 heavy (non-hydrogen) atoms. The van der Waals surface area contributed by atoms with Crippen LogP contribution in [0.4, 0.5) is 4.79 Å². The standard InChI is InChI=1S/C15H17NO3S/c1-10(2)9-16-14(17)13(20-15(16)18)8-11-4-6-12(19-3)7-5-11/h4-8,10H,9H2,1-3H3/b13-8-. The minimum absolute atomic E-state index is 0.191. The van der Waals surface area contributed by atoms with E-state index in [2.05, 4.69) is 0 Å². The van der Waals surface area contributed by atoms with Crippen molar-refractivity contribution in [3.05, 3.63) is 34.7 Å². The Kier molecular flexibility index (Phi) is 4.49. The molecule has 0 saturated carbocycles. The van der Waals surface area contributed by atoms with Crippen LogP contribution in [0.1, 0.15) is 19.4 Å². The van der Waals surface area contributed by atoms with Gasteiger partial charge in [-0.25, -0.2) is 0 Å². The molecule has 1 aromatic carbocycles. The van der Waals surface area contributed by atoms with Gasteiger partial charge in [0.15, 0.2) is 0 Å². The summed E-state index contributed by atoms with van der Waals surface area (Å²) >= 11 is 0.996. The summed E-state index contributed by atoms with van der Waals surface area (Å²) in [6, 6.07) is 7.36. The van der Waals surface area contributed by atoms with E-state index < -0.39 is 0 Å². The quantitative estimate of drug-likeness (QED) is 0.798. The van der Waals surface area contributed by atoms with Gasteiger partial charge in [-0.1, -0.05) is 26.0 Å². The first kappa shape index (κ1) is 14.7. The average Bonchev–Trinajstić information content (AvgIpc) is 2.67. The Hall–Kier alpha value is -1.75. The molecule has 1 aromatic rings. The van der Waals surface area contributed by atoms with Gasteiger partial charge in [-0.15, -0.1) is 0 Å². The van der Waals surface area contributed by atoms with Crippen LogP contribution in [0.3, 0.4) is 0 Å². The molecular weight excluding hydrogens is 274 g/mol. The van der Waals surface area contributed by atoms with Crippen molar-refractivity contribution in [1.29, 1.82) is 0 Å². The smallest absolute Gasteiger partial charge is 0.293 e. The Bertz CT molecular complexity index is 549. The second-order valence-electron chi connectivity index (χ2n) is 4.96. The van der Waals surface area contributed by atoms with Crippen LogP contribution in [0.2, 0.25) is 0 Å². The summed E-state index contributed by atoms with van der Waals surface area (Å²) in [5.74, 6) is 0.823. The maximum atomic E-state index is 12.2. The highest BCUT2D eigenvalue weighted by atomic mass is 32.2. The van der Waals surface area contributed by atoms with Gasteiger partial charge < -0.3 is 4.74 Å². The number of hydrogen-bond donors (Lipinski definition) is 0. The number of ether oxygens (including phenoxy) is 1. The van der Waals surface area contributed by atoms with Gasteiger partial charge in [0.1, 0.15) is 5.75 Å². The normalized spacial score (nSPS) is 17.4. The van der Waals surface area contributed by atoms with E-state index in [1.54, 1.807) is 13.2 Å².